The van der Waals surface area contributed by atoms with Gasteiger partial charge in [0.1, 0.15) is 5.82 Å². The molecule has 0 radical (unpaired) electrons. The van der Waals surface area contributed by atoms with Gasteiger partial charge in [0.25, 0.3) is 5.91 Å². The number of fused-ring (bicyclic) bond motifs is 1. The highest BCUT2D eigenvalue weighted by molar-refractivity contribution is 9.10. The molecule has 0 bridgehead atoms. The molecule has 0 aromatic heterocycles. The second-order valence-electron chi connectivity index (χ2n) is 5.03. The summed E-state index contributed by atoms with van der Waals surface area (Å²) in [7, 11) is 0. The quantitative estimate of drug-likeness (QED) is 0.793. The largest absolute Gasteiger partial charge is 0.374 e. The first-order valence-corrected chi connectivity index (χ1v) is 7.34. The van der Waals surface area contributed by atoms with Crippen molar-refractivity contribution in [3.05, 3.63) is 34.1 Å². The molecule has 2 aliphatic rings. The van der Waals surface area contributed by atoms with Crippen molar-refractivity contribution in [1.82, 2.24) is 4.90 Å². The van der Waals surface area contributed by atoms with Crippen molar-refractivity contribution in [2.45, 2.75) is 31.4 Å². The van der Waals surface area contributed by atoms with E-state index < -0.39 is 0 Å². The lowest BCUT2D eigenvalue weighted by atomic mass is 10.1. The average molecular weight is 328 g/mol. The van der Waals surface area contributed by atoms with Crippen LogP contribution in [-0.4, -0.2) is 36.1 Å². The van der Waals surface area contributed by atoms with E-state index in [4.69, 9.17) is 4.74 Å². The Kier molecular flexibility index (Phi) is 3.58. The standard InChI is InChI=1S/C14H15BrFNO2/c15-11-8-9(16)4-5-10(11)14(18)17-6-7-19-13-3-1-2-12(13)17/h4-5,8,12-13H,1-3,6-7H2. The molecule has 0 N–H and O–H groups in total. The predicted octanol–water partition coefficient (Wildman–Crippen LogP) is 2.98. The van der Waals surface area contributed by atoms with E-state index in [0.717, 1.165) is 19.3 Å². The number of hydrogen-bond acceptors (Lipinski definition) is 2. The third-order valence-electron chi connectivity index (χ3n) is 3.90. The molecule has 1 aromatic carbocycles. The van der Waals surface area contributed by atoms with Gasteiger partial charge in [0, 0.05) is 11.0 Å². The lowest BCUT2D eigenvalue weighted by Crippen LogP contribution is -2.51. The topological polar surface area (TPSA) is 29.5 Å². The average Bonchev–Trinajstić information content (AvgIpc) is 2.86. The number of carbonyl (C=O) groups is 1. The number of halogens is 2. The van der Waals surface area contributed by atoms with E-state index in [2.05, 4.69) is 15.9 Å². The third-order valence-corrected chi connectivity index (χ3v) is 4.56. The highest BCUT2D eigenvalue weighted by Gasteiger charge is 2.38. The summed E-state index contributed by atoms with van der Waals surface area (Å²) in [4.78, 5) is 14.5. The fraction of sp³-hybridized carbons (Fsp3) is 0.500. The van der Waals surface area contributed by atoms with Gasteiger partial charge in [-0.3, -0.25) is 4.79 Å². The zero-order valence-corrected chi connectivity index (χ0v) is 12.0. The van der Waals surface area contributed by atoms with Gasteiger partial charge in [-0.15, -0.1) is 0 Å². The molecule has 1 heterocycles. The maximum Gasteiger partial charge on any atom is 0.255 e. The minimum Gasteiger partial charge on any atom is -0.374 e. The van der Waals surface area contributed by atoms with Crippen LogP contribution in [0.15, 0.2) is 22.7 Å². The molecular weight excluding hydrogens is 313 g/mol. The Morgan fingerprint density at radius 1 is 1.42 bits per heavy atom. The summed E-state index contributed by atoms with van der Waals surface area (Å²) >= 11 is 3.27. The van der Waals surface area contributed by atoms with Crippen molar-refractivity contribution >= 4 is 21.8 Å². The minimum absolute atomic E-state index is 0.0351. The Morgan fingerprint density at radius 3 is 3.05 bits per heavy atom. The van der Waals surface area contributed by atoms with Gasteiger partial charge in [-0.2, -0.15) is 0 Å². The van der Waals surface area contributed by atoms with Crippen molar-refractivity contribution < 1.29 is 13.9 Å². The van der Waals surface area contributed by atoms with Gasteiger partial charge >= 0.3 is 0 Å². The maximum absolute atomic E-state index is 13.1. The SMILES string of the molecule is O=C(c1ccc(F)cc1Br)N1CCOC2CCCC21. The zero-order valence-electron chi connectivity index (χ0n) is 10.4. The summed E-state index contributed by atoms with van der Waals surface area (Å²) in [5.41, 5.74) is 0.522. The first-order valence-electron chi connectivity index (χ1n) is 6.54. The number of benzene rings is 1. The van der Waals surface area contributed by atoms with Crippen LogP contribution in [0.3, 0.4) is 0 Å². The van der Waals surface area contributed by atoms with E-state index in [0.29, 0.717) is 23.2 Å². The van der Waals surface area contributed by atoms with Crippen molar-refractivity contribution in [2.75, 3.05) is 13.2 Å². The number of morpholine rings is 1. The number of ether oxygens (including phenoxy) is 1. The Balaban J connectivity index is 1.86. The fourth-order valence-electron chi connectivity index (χ4n) is 3.00. The van der Waals surface area contributed by atoms with Crippen LogP contribution >= 0.6 is 15.9 Å². The molecule has 102 valence electrons. The first kappa shape index (κ1) is 13.1. The smallest absolute Gasteiger partial charge is 0.255 e. The van der Waals surface area contributed by atoms with Crippen LogP contribution in [0.25, 0.3) is 0 Å². The van der Waals surface area contributed by atoms with Crippen LogP contribution in [0.5, 0.6) is 0 Å². The van der Waals surface area contributed by atoms with Crippen LogP contribution < -0.4 is 0 Å². The number of rotatable bonds is 1. The monoisotopic (exact) mass is 327 g/mol. The first-order chi connectivity index (χ1) is 9.16. The Labute approximate surface area is 119 Å². The van der Waals surface area contributed by atoms with E-state index in [9.17, 15) is 9.18 Å². The zero-order chi connectivity index (χ0) is 13.4. The lowest BCUT2D eigenvalue weighted by molar-refractivity contribution is -0.0445. The molecule has 0 spiro atoms. The molecule has 3 rings (SSSR count). The van der Waals surface area contributed by atoms with Crippen LogP contribution in [0.4, 0.5) is 4.39 Å². The molecule has 1 saturated heterocycles. The fourth-order valence-corrected chi connectivity index (χ4v) is 3.52. The van der Waals surface area contributed by atoms with Gasteiger partial charge in [-0.05, 0) is 53.4 Å². The molecule has 1 aliphatic carbocycles. The summed E-state index contributed by atoms with van der Waals surface area (Å²) in [6.07, 6.45) is 3.30. The molecular formula is C14H15BrFNO2. The van der Waals surface area contributed by atoms with Crippen molar-refractivity contribution in [3.63, 3.8) is 0 Å². The van der Waals surface area contributed by atoms with Crippen LogP contribution in [-0.2, 0) is 4.74 Å². The summed E-state index contributed by atoms with van der Waals surface area (Å²) in [6, 6.07) is 4.38. The van der Waals surface area contributed by atoms with Gasteiger partial charge in [0.2, 0.25) is 0 Å². The number of amides is 1. The normalized spacial score (nSPS) is 26.3. The van der Waals surface area contributed by atoms with Crippen LogP contribution in [0, 0.1) is 5.82 Å². The Hall–Kier alpha value is -0.940. The lowest BCUT2D eigenvalue weighted by Gasteiger charge is -2.37. The van der Waals surface area contributed by atoms with E-state index in [1.807, 2.05) is 4.90 Å². The molecule has 2 atom stereocenters. The summed E-state index contributed by atoms with van der Waals surface area (Å²) in [5.74, 6) is -0.378. The van der Waals surface area contributed by atoms with E-state index in [1.54, 1.807) is 6.07 Å². The predicted molar refractivity (Wildman–Crippen MR) is 72.5 cm³/mol. The van der Waals surface area contributed by atoms with Crippen molar-refractivity contribution in [2.24, 2.45) is 0 Å². The van der Waals surface area contributed by atoms with E-state index in [1.165, 1.54) is 12.1 Å². The molecule has 1 aliphatic heterocycles. The van der Waals surface area contributed by atoms with Gasteiger partial charge in [-0.25, -0.2) is 4.39 Å². The van der Waals surface area contributed by atoms with E-state index >= 15 is 0 Å². The molecule has 1 amide bonds. The van der Waals surface area contributed by atoms with Crippen molar-refractivity contribution in [3.8, 4) is 0 Å². The van der Waals surface area contributed by atoms with Gasteiger partial charge in [-0.1, -0.05) is 0 Å². The van der Waals surface area contributed by atoms with Crippen molar-refractivity contribution in [1.29, 1.82) is 0 Å². The minimum atomic E-state index is -0.343. The summed E-state index contributed by atoms with van der Waals surface area (Å²) in [5, 5.41) is 0. The third kappa shape index (κ3) is 2.41. The van der Waals surface area contributed by atoms with E-state index in [-0.39, 0.29) is 23.9 Å². The Bertz CT molecular complexity index is 508. The summed E-state index contributed by atoms with van der Waals surface area (Å²) < 4.78 is 19.3. The number of nitrogens with zero attached hydrogens (tertiary/aromatic N) is 1. The van der Waals surface area contributed by atoms with Gasteiger partial charge in [0.15, 0.2) is 0 Å². The molecule has 2 fully saturated rings. The maximum atomic E-state index is 13.1. The number of hydrogen-bond donors (Lipinski definition) is 0. The molecule has 5 heteroatoms. The van der Waals surface area contributed by atoms with Crippen LogP contribution in [0.2, 0.25) is 0 Å². The second-order valence-corrected chi connectivity index (χ2v) is 5.88. The van der Waals surface area contributed by atoms with Crippen LogP contribution in [0.1, 0.15) is 29.6 Å². The van der Waals surface area contributed by atoms with Gasteiger partial charge in [0.05, 0.1) is 24.3 Å². The molecule has 2 unspecified atom stereocenters. The highest BCUT2D eigenvalue weighted by atomic mass is 79.9. The molecule has 1 aromatic rings. The molecule has 1 saturated carbocycles. The Morgan fingerprint density at radius 2 is 2.26 bits per heavy atom. The summed E-state index contributed by atoms with van der Waals surface area (Å²) in [6.45, 7) is 1.20. The second kappa shape index (κ2) is 5.21. The molecule has 19 heavy (non-hydrogen) atoms. The van der Waals surface area contributed by atoms with Gasteiger partial charge < -0.3 is 9.64 Å². The highest BCUT2D eigenvalue weighted by Crippen LogP contribution is 2.31. The number of carbonyl (C=O) groups excluding carboxylic acids is 1. The molecule has 3 nitrogen and oxygen atoms in total.